The van der Waals surface area contributed by atoms with Crippen LogP contribution in [0.25, 0.3) is 0 Å². The molecular weight excluding hydrogens is 536 g/mol. The van der Waals surface area contributed by atoms with E-state index in [-0.39, 0.29) is 24.2 Å². The Balaban J connectivity index is 1.40. The van der Waals surface area contributed by atoms with E-state index in [4.69, 9.17) is 34.8 Å². The Morgan fingerprint density at radius 1 is 0.946 bits per heavy atom. The van der Waals surface area contributed by atoms with Crippen LogP contribution in [0.1, 0.15) is 29.5 Å². The Hall–Kier alpha value is -2.93. The number of carbonyl (C=O) groups excluding carboxylic acids is 2. The van der Waals surface area contributed by atoms with Crippen molar-refractivity contribution in [3.8, 4) is 0 Å². The lowest BCUT2D eigenvalue weighted by molar-refractivity contribution is -0.136. The summed E-state index contributed by atoms with van der Waals surface area (Å²) < 4.78 is 14.0. The Labute approximate surface area is 230 Å². The lowest BCUT2D eigenvalue weighted by atomic mass is 9.91. The molecule has 1 heterocycles. The number of amides is 2. The van der Waals surface area contributed by atoms with E-state index in [1.54, 1.807) is 54.6 Å². The molecule has 0 saturated heterocycles. The summed E-state index contributed by atoms with van der Waals surface area (Å²) in [6.45, 7) is 0.129. The van der Waals surface area contributed by atoms with Gasteiger partial charge in [-0.15, -0.1) is 0 Å². The maximum atomic E-state index is 14.0. The van der Waals surface area contributed by atoms with Crippen LogP contribution in [-0.4, -0.2) is 35.6 Å². The van der Waals surface area contributed by atoms with E-state index in [2.05, 4.69) is 10.4 Å². The molecule has 0 saturated carbocycles. The van der Waals surface area contributed by atoms with Crippen molar-refractivity contribution < 1.29 is 14.0 Å². The number of aryl methyl sites for hydroxylation is 1. The number of halogens is 4. The van der Waals surface area contributed by atoms with Gasteiger partial charge in [0.1, 0.15) is 12.4 Å². The predicted octanol–water partition coefficient (Wildman–Crippen LogP) is 6.33. The van der Waals surface area contributed by atoms with Gasteiger partial charge in [0.15, 0.2) is 0 Å². The number of carbonyl (C=O) groups is 2. The molecule has 192 valence electrons. The van der Waals surface area contributed by atoms with E-state index < -0.39 is 5.92 Å². The SMILES string of the molecule is O=C(CN1N=C(c2ccc(Cl)cc2)C(CCCc2ccccc2F)C1=O)NCCc1cccc(Cl)c1Cl. The Bertz CT molecular complexity index is 1310. The van der Waals surface area contributed by atoms with Crippen molar-refractivity contribution in [3.05, 3.63) is 104 Å². The summed E-state index contributed by atoms with van der Waals surface area (Å²) in [5.74, 6) is -1.39. The molecule has 0 spiro atoms. The fraction of sp³-hybridized carbons (Fsp3) is 0.250. The van der Waals surface area contributed by atoms with Crippen LogP contribution in [0.4, 0.5) is 4.39 Å². The molecule has 37 heavy (non-hydrogen) atoms. The molecule has 1 atom stereocenters. The molecule has 3 aromatic carbocycles. The van der Waals surface area contributed by atoms with E-state index in [0.717, 1.165) is 11.1 Å². The second kappa shape index (κ2) is 12.5. The van der Waals surface area contributed by atoms with Crippen molar-refractivity contribution in [1.29, 1.82) is 0 Å². The Morgan fingerprint density at radius 3 is 2.43 bits per heavy atom. The molecule has 5 nitrogen and oxygen atoms in total. The summed E-state index contributed by atoms with van der Waals surface area (Å²) in [4.78, 5) is 25.9. The molecule has 0 aliphatic carbocycles. The molecular formula is C28H25Cl3FN3O2. The van der Waals surface area contributed by atoms with Gasteiger partial charge in [-0.05, 0) is 66.6 Å². The molecule has 3 aromatic rings. The molecule has 1 N–H and O–H groups in total. The Kier molecular flexibility index (Phi) is 9.19. The van der Waals surface area contributed by atoms with Crippen molar-refractivity contribution in [2.24, 2.45) is 11.0 Å². The standard InChI is InChI=1S/C28H25Cl3FN3O2/c29-21-13-11-20(12-14-21)27-22(8-3-6-18-5-1-2-10-24(18)32)28(37)35(34-27)17-25(36)33-16-15-19-7-4-9-23(30)26(19)31/h1-2,4-5,7,9-14,22H,3,6,8,15-17H2,(H,33,36). The average molecular weight is 561 g/mol. The van der Waals surface area contributed by atoms with Gasteiger partial charge >= 0.3 is 0 Å². The molecule has 9 heteroatoms. The first-order valence-electron chi connectivity index (χ1n) is 11.9. The topological polar surface area (TPSA) is 61.8 Å². The molecule has 1 aliphatic rings. The van der Waals surface area contributed by atoms with Crippen LogP contribution >= 0.6 is 34.8 Å². The molecule has 0 bridgehead atoms. The van der Waals surface area contributed by atoms with Crippen LogP contribution in [0.2, 0.25) is 15.1 Å². The lowest BCUT2D eigenvalue weighted by Gasteiger charge is -2.15. The van der Waals surface area contributed by atoms with E-state index in [1.807, 2.05) is 6.07 Å². The summed E-state index contributed by atoms with van der Waals surface area (Å²) in [5, 5.41) is 10.0. The van der Waals surface area contributed by atoms with Gasteiger partial charge in [-0.25, -0.2) is 9.40 Å². The van der Waals surface area contributed by atoms with Crippen LogP contribution in [0.5, 0.6) is 0 Å². The van der Waals surface area contributed by atoms with Gasteiger partial charge in [-0.3, -0.25) is 9.59 Å². The largest absolute Gasteiger partial charge is 0.354 e. The van der Waals surface area contributed by atoms with Crippen LogP contribution < -0.4 is 5.32 Å². The number of hydrogen-bond acceptors (Lipinski definition) is 3. The highest BCUT2D eigenvalue weighted by molar-refractivity contribution is 6.42. The van der Waals surface area contributed by atoms with Crippen LogP contribution in [-0.2, 0) is 22.4 Å². The maximum absolute atomic E-state index is 14.0. The van der Waals surface area contributed by atoms with Crippen molar-refractivity contribution >= 4 is 52.3 Å². The minimum Gasteiger partial charge on any atom is -0.354 e. The maximum Gasteiger partial charge on any atom is 0.252 e. The third-order valence-corrected chi connectivity index (χ3v) is 7.30. The first-order valence-corrected chi connectivity index (χ1v) is 13.1. The highest BCUT2D eigenvalue weighted by Gasteiger charge is 2.37. The van der Waals surface area contributed by atoms with E-state index in [0.29, 0.717) is 58.6 Å². The van der Waals surface area contributed by atoms with Crippen molar-refractivity contribution in [3.63, 3.8) is 0 Å². The van der Waals surface area contributed by atoms with Gasteiger partial charge in [0.25, 0.3) is 5.91 Å². The van der Waals surface area contributed by atoms with E-state index in [1.165, 1.54) is 11.1 Å². The lowest BCUT2D eigenvalue weighted by Crippen LogP contribution is -2.38. The molecule has 1 aliphatic heterocycles. The zero-order valence-electron chi connectivity index (χ0n) is 19.9. The fourth-order valence-corrected chi connectivity index (χ4v) is 4.81. The Morgan fingerprint density at radius 2 is 1.68 bits per heavy atom. The van der Waals surface area contributed by atoms with Crippen LogP contribution in [0.3, 0.4) is 0 Å². The molecule has 0 radical (unpaired) electrons. The average Bonchev–Trinajstić information content (AvgIpc) is 3.18. The van der Waals surface area contributed by atoms with Crippen molar-refractivity contribution in [2.45, 2.75) is 25.7 Å². The van der Waals surface area contributed by atoms with Gasteiger partial charge in [0, 0.05) is 11.6 Å². The monoisotopic (exact) mass is 559 g/mol. The van der Waals surface area contributed by atoms with Gasteiger partial charge in [0.2, 0.25) is 5.91 Å². The second-order valence-corrected chi connectivity index (χ2v) is 9.96. The molecule has 0 aromatic heterocycles. The summed E-state index contributed by atoms with van der Waals surface area (Å²) in [5.41, 5.74) is 2.76. The second-order valence-electron chi connectivity index (χ2n) is 8.74. The highest BCUT2D eigenvalue weighted by Crippen LogP contribution is 2.27. The third kappa shape index (κ3) is 6.89. The van der Waals surface area contributed by atoms with Gasteiger partial charge in [-0.1, -0.05) is 77.3 Å². The zero-order valence-corrected chi connectivity index (χ0v) is 22.2. The van der Waals surface area contributed by atoms with Gasteiger partial charge < -0.3 is 5.32 Å². The number of hydrogen-bond donors (Lipinski definition) is 1. The normalized spacial score (nSPS) is 15.1. The third-order valence-electron chi connectivity index (χ3n) is 6.19. The number of nitrogens with zero attached hydrogens (tertiary/aromatic N) is 2. The number of hydrazone groups is 1. The van der Waals surface area contributed by atoms with Crippen LogP contribution in [0.15, 0.2) is 71.8 Å². The first-order chi connectivity index (χ1) is 17.8. The molecule has 0 fully saturated rings. The molecule has 2 amide bonds. The summed E-state index contributed by atoms with van der Waals surface area (Å²) in [6, 6.07) is 19.0. The van der Waals surface area contributed by atoms with E-state index >= 15 is 0 Å². The summed E-state index contributed by atoms with van der Waals surface area (Å²) in [6.07, 6.45) is 2.05. The molecule has 4 rings (SSSR count). The minimum absolute atomic E-state index is 0.205. The number of benzene rings is 3. The minimum atomic E-state index is -0.536. The summed E-state index contributed by atoms with van der Waals surface area (Å²) >= 11 is 18.3. The first kappa shape index (κ1) is 27.1. The number of rotatable bonds is 10. The highest BCUT2D eigenvalue weighted by atomic mass is 35.5. The fourth-order valence-electron chi connectivity index (χ4n) is 4.27. The van der Waals surface area contributed by atoms with Crippen molar-refractivity contribution in [2.75, 3.05) is 13.1 Å². The molecule has 1 unspecified atom stereocenters. The predicted molar refractivity (Wildman–Crippen MR) is 146 cm³/mol. The number of nitrogens with one attached hydrogen (secondary N) is 1. The summed E-state index contributed by atoms with van der Waals surface area (Å²) in [7, 11) is 0. The van der Waals surface area contributed by atoms with Gasteiger partial charge in [-0.2, -0.15) is 5.10 Å². The van der Waals surface area contributed by atoms with Crippen LogP contribution in [0, 0.1) is 11.7 Å². The quantitative estimate of drug-likeness (QED) is 0.315. The zero-order chi connectivity index (χ0) is 26.4. The van der Waals surface area contributed by atoms with Crippen molar-refractivity contribution in [1.82, 2.24) is 10.3 Å². The van der Waals surface area contributed by atoms with E-state index in [9.17, 15) is 14.0 Å². The smallest absolute Gasteiger partial charge is 0.252 e. The van der Waals surface area contributed by atoms with Gasteiger partial charge in [0.05, 0.1) is 21.7 Å².